The predicted molar refractivity (Wildman–Crippen MR) is 125 cm³/mol. The highest BCUT2D eigenvalue weighted by molar-refractivity contribution is 6.06. The molecule has 4 aromatic rings. The van der Waals surface area contributed by atoms with Crippen LogP contribution in [0.25, 0.3) is 22.2 Å². The lowest BCUT2D eigenvalue weighted by Gasteiger charge is -2.07. The van der Waals surface area contributed by atoms with Gasteiger partial charge in [0, 0.05) is 28.1 Å². The van der Waals surface area contributed by atoms with Gasteiger partial charge in [0.15, 0.2) is 0 Å². The standard InChI is InChI=1S/C25H23N3O4/c1-30-18-9-10-23-21(14-18)22(24(27-23)16-7-5-4-6-8-16)15-26-28-25(29)17-11-19(31-2)13-20(12-17)32-3/h4-15,27H,1-3H3,(H,28,29). The molecule has 0 aliphatic rings. The fourth-order valence-corrected chi connectivity index (χ4v) is 3.44. The van der Waals surface area contributed by atoms with Gasteiger partial charge in [-0.15, -0.1) is 0 Å². The maximum atomic E-state index is 12.7. The third-order valence-electron chi connectivity index (χ3n) is 5.08. The minimum atomic E-state index is -0.378. The van der Waals surface area contributed by atoms with Gasteiger partial charge in [-0.2, -0.15) is 5.10 Å². The lowest BCUT2D eigenvalue weighted by atomic mass is 10.1. The lowest BCUT2D eigenvalue weighted by molar-refractivity contribution is 0.0954. The van der Waals surface area contributed by atoms with Crippen LogP contribution >= 0.6 is 0 Å². The number of H-pyrrole nitrogens is 1. The van der Waals surface area contributed by atoms with Gasteiger partial charge < -0.3 is 19.2 Å². The van der Waals surface area contributed by atoms with Crippen LogP contribution in [-0.2, 0) is 0 Å². The molecule has 0 spiro atoms. The molecule has 0 fully saturated rings. The van der Waals surface area contributed by atoms with Crippen molar-refractivity contribution in [1.82, 2.24) is 10.4 Å². The normalized spacial score (nSPS) is 11.0. The summed E-state index contributed by atoms with van der Waals surface area (Å²) in [6.45, 7) is 0. The van der Waals surface area contributed by atoms with Crippen LogP contribution in [0, 0.1) is 0 Å². The van der Waals surface area contributed by atoms with Crippen molar-refractivity contribution in [3.05, 3.63) is 77.9 Å². The van der Waals surface area contributed by atoms with Crippen molar-refractivity contribution in [2.24, 2.45) is 5.10 Å². The molecule has 1 aromatic heterocycles. The molecule has 0 aliphatic heterocycles. The summed E-state index contributed by atoms with van der Waals surface area (Å²) in [6.07, 6.45) is 1.63. The molecule has 1 heterocycles. The highest BCUT2D eigenvalue weighted by atomic mass is 16.5. The molecular weight excluding hydrogens is 406 g/mol. The first kappa shape index (κ1) is 21.0. The van der Waals surface area contributed by atoms with Gasteiger partial charge in [0.05, 0.1) is 33.2 Å². The number of nitrogens with one attached hydrogen (secondary N) is 2. The first-order valence-corrected chi connectivity index (χ1v) is 9.94. The maximum Gasteiger partial charge on any atom is 0.271 e. The number of fused-ring (bicyclic) bond motifs is 1. The average Bonchev–Trinajstić information content (AvgIpc) is 3.21. The van der Waals surface area contributed by atoms with Crippen LogP contribution in [-0.4, -0.2) is 38.4 Å². The topological polar surface area (TPSA) is 84.9 Å². The van der Waals surface area contributed by atoms with Crippen LogP contribution in [0.15, 0.2) is 71.8 Å². The summed E-state index contributed by atoms with van der Waals surface area (Å²) < 4.78 is 15.8. The Kier molecular flexibility index (Phi) is 6.07. The number of nitrogens with zero attached hydrogens (tertiary/aromatic N) is 1. The molecule has 4 rings (SSSR count). The van der Waals surface area contributed by atoms with Crippen molar-refractivity contribution in [2.45, 2.75) is 0 Å². The summed E-state index contributed by atoms with van der Waals surface area (Å²) in [5, 5.41) is 5.16. The van der Waals surface area contributed by atoms with Gasteiger partial charge in [-0.1, -0.05) is 30.3 Å². The number of rotatable bonds is 7. The van der Waals surface area contributed by atoms with Crippen molar-refractivity contribution in [3.63, 3.8) is 0 Å². The summed E-state index contributed by atoms with van der Waals surface area (Å²) in [4.78, 5) is 16.1. The van der Waals surface area contributed by atoms with E-state index in [1.165, 1.54) is 14.2 Å². The van der Waals surface area contributed by atoms with Crippen LogP contribution < -0.4 is 19.6 Å². The van der Waals surface area contributed by atoms with Gasteiger partial charge in [0.25, 0.3) is 5.91 Å². The number of hydrogen-bond acceptors (Lipinski definition) is 5. The molecule has 2 N–H and O–H groups in total. The first-order chi connectivity index (χ1) is 15.6. The Bertz CT molecular complexity index is 1260. The van der Waals surface area contributed by atoms with Gasteiger partial charge >= 0.3 is 0 Å². The van der Waals surface area contributed by atoms with E-state index in [0.29, 0.717) is 17.1 Å². The van der Waals surface area contributed by atoms with Gasteiger partial charge in [0.2, 0.25) is 0 Å². The highest BCUT2D eigenvalue weighted by Crippen LogP contribution is 2.31. The third kappa shape index (κ3) is 4.27. The maximum absolute atomic E-state index is 12.7. The molecule has 0 unspecified atom stereocenters. The minimum Gasteiger partial charge on any atom is -0.497 e. The molecule has 0 atom stereocenters. The van der Waals surface area contributed by atoms with E-state index in [2.05, 4.69) is 15.5 Å². The van der Waals surface area contributed by atoms with Gasteiger partial charge in [-0.25, -0.2) is 5.43 Å². The van der Waals surface area contributed by atoms with E-state index in [-0.39, 0.29) is 5.91 Å². The number of aromatic nitrogens is 1. The fraction of sp³-hybridized carbons (Fsp3) is 0.120. The number of aromatic amines is 1. The Labute approximate surface area is 185 Å². The van der Waals surface area contributed by atoms with Crippen molar-refractivity contribution in [3.8, 4) is 28.5 Å². The van der Waals surface area contributed by atoms with Crippen molar-refractivity contribution in [1.29, 1.82) is 0 Å². The second-order valence-corrected chi connectivity index (χ2v) is 6.99. The summed E-state index contributed by atoms with van der Waals surface area (Å²) in [5.41, 5.74) is 6.65. The number of carbonyl (C=O) groups is 1. The third-order valence-corrected chi connectivity index (χ3v) is 5.08. The molecule has 162 valence electrons. The van der Waals surface area contributed by atoms with E-state index in [4.69, 9.17) is 14.2 Å². The second kappa shape index (κ2) is 9.26. The van der Waals surface area contributed by atoms with Crippen LogP contribution in [0.5, 0.6) is 17.2 Å². The number of benzene rings is 3. The summed E-state index contributed by atoms with van der Waals surface area (Å²) in [6, 6.07) is 20.7. The van der Waals surface area contributed by atoms with Crippen molar-refractivity contribution < 1.29 is 19.0 Å². The Hall–Kier alpha value is -4.26. The number of carbonyl (C=O) groups excluding carboxylic acids is 1. The van der Waals surface area contributed by atoms with Gasteiger partial charge in [0.1, 0.15) is 17.2 Å². The Balaban J connectivity index is 1.68. The molecule has 0 saturated heterocycles. The van der Waals surface area contributed by atoms with E-state index < -0.39 is 0 Å². The first-order valence-electron chi connectivity index (χ1n) is 9.94. The summed E-state index contributed by atoms with van der Waals surface area (Å²) in [5.74, 6) is 1.40. The second-order valence-electron chi connectivity index (χ2n) is 6.99. The van der Waals surface area contributed by atoms with E-state index >= 15 is 0 Å². The molecule has 3 aromatic carbocycles. The van der Waals surface area contributed by atoms with E-state index in [1.54, 1.807) is 31.5 Å². The largest absolute Gasteiger partial charge is 0.497 e. The van der Waals surface area contributed by atoms with E-state index in [0.717, 1.165) is 33.5 Å². The van der Waals surface area contributed by atoms with Crippen LogP contribution in [0.3, 0.4) is 0 Å². The molecule has 0 radical (unpaired) electrons. The molecule has 0 aliphatic carbocycles. The molecule has 0 saturated carbocycles. The zero-order valence-electron chi connectivity index (χ0n) is 18.0. The van der Waals surface area contributed by atoms with Gasteiger partial charge in [-0.05, 0) is 35.9 Å². The van der Waals surface area contributed by atoms with Crippen LogP contribution in [0.2, 0.25) is 0 Å². The number of methoxy groups -OCH3 is 3. The average molecular weight is 429 g/mol. The zero-order valence-corrected chi connectivity index (χ0v) is 18.0. The molecule has 0 bridgehead atoms. The quantitative estimate of drug-likeness (QED) is 0.332. The monoisotopic (exact) mass is 429 g/mol. The number of ether oxygens (including phenoxy) is 3. The number of amides is 1. The minimum absolute atomic E-state index is 0.377. The molecule has 32 heavy (non-hydrogen) atoms. The lowest BCUT2D eigenvalue weighted by Crippen LogP contribution is -2.17. The van der Waals surface area contributed by atoms with Gasteiger partial charge in [-0.3, -0.25) is 4.79 Å². The Morgan fingerprint density at radius 3 is 2.22 bits per heavy atom. The number of hydrogen-bond donors (Lipinski definition) is 2. The van der Waals surface area contributed by atoms with Crippen molar-refractivity contribution in [2.75, 3.05) is 21.3 Å². The molecular formula is C25H23N3O4. The highest BCUT2D eigenvalue weighted by Gasteiger charge is 2.13. The Morgan fingerprint density at radius 1 is 0.875 bits per heavy atom. The Morgan fingerprint density at radius 2 is 1.56 bits per heavy atom. The smallest absolute Gasteiger partial charge is 0.271 e. The molecule has 7 heteroatoms. The SMILES string of the molecule is COc1cc(OC)cc(C(=O)NN=Cc2c(-c3ccccc3)[nH]c3ccc(OC)cc23)c1. The molecule has 7 nitrogen and oxygen atoms in total. The zero-order chi connectivity index (χ0) is 22.5. The van der Waals surface area contributed by atoms with E-state index in [9.17, 15) is 4.79 Å². The summed E-state index contributed by atoms with van der Waals surface area (Å²) >= 11 is 0. The van der Waals surface area contributed by atoms with Crippen LogP contribution in [0.4, 0.5) is 0 Å². The van der Waals surface area contributed by atoms with Crippen molar-refractivity contribution >= 4 is 23.0 Å². The number of hydrazone groups is 1. The van der Waals surface area contributed by atoms with E-state index in [1.807, 2.05) is 48.5 Å². The predicted octanol–water partition coefficient (Wildman–Crippen LogP) is 4.62. The fourth-order valence-electron chi connectivity index (χ4n) is 3.44. The summed E-state index contributed by atoms with van der Waals surface area (Å²) in [7, 11) is 4.69. The van der Waals surface area contributed by atoms with Crippen LogP contribution in [0.1, 0.15) is 15.9 Å². The molecule has 1 amide bonds.